The molecular formula is C13H23N3O2. The molecule has 0 saturated heterocycles. The molecule has 0 spiro atoms. The molecule has 0 unspecified atom stereocenters. The van der Waals surface area contributed by atoms with Gasteiger partial charge in [0.15, 0.2) is 0 Å². The van der Waals surface area contributed by atoms with Gasteiger partial charge in [-0.05, 0) is 20.3 Å². The maximum atomic E-state index is 11.7. The fourth-order valence-electron chi connectivity index (χ4n) is 1.81. The van der Waals surface area contributed by atoms with Crippen LogP contribution in [-0.2, 0) is 16.1 Å². The van der Waals surface area contributed by atoms with Gasteiger partial charge in [-0.25, -0.2) is 0 Å². The average molecular weight is 253 g/mol. The summed E-state index contributed by atoms with van der Waals surface area (Å²) in [4.78, 5) is 11.7. The highest BCUT2D eigenvalue weighted by atomic mass is 16.5. The van der Waals surface area contributed by atoms with Gasteiger partial charge in [0.2, 0.25) is 5.91 Å². The van der Waals surface area contributed by atoms with Crippen LogP contribution in [0.3, 0.4) is 0 Å². The lowest BCUT2D eigenvalue weighted by Crippen LogP contribution is -2.13. The van der Waals surface area contributed by atoms with E-state index < -0.39 is 0 Å². The predicted molar refractivity (Wildman–Crippen MR) is 71.7 cm³/mol. The summed E-state index contributed by atoms with van der Waals surface area (Å²) < 4.78 is 6.91. The second-order valence-corrected chi connectivity index (χ2v) is 4.41. The van der Waals surface area contributed by atoms with Crippen molar-refractivity contribution in [3.63, 3.8) is 0 Å². The van der Waals surface area contributed by atoms with Crippen LogP contribution in [0.15, 0.2) is 0 Å². The first kappa shape index (κ1) is 14.7. The van der Waals surface area contributed by atoms with E-state index in [-0.39, 0.29) is 5.91 Å². The minimum Gasteiger partial charge on any atom is -0.383 e. The number of hydrogen-bond donors (Lipinski definition) is 1. The summed E-state index contributed by atoms with van der Waals surface area (Å²) in [5.41, 5.74) is 2.68. The Morgan fingerprint density at radius 1 is 1.44 bits per heavy atom. The molecule has 1 aromatic rings. The lowest BCUT2D eigenvalue weighted by atomic mass is 10.2. The molecule has 102 valence electrons. The van der Waals surface area contributed by atoms with E-state index in [9.17, 15) is 4.79 Å². The number of aryl methyl sites for hydroxylation is 1. The molecule has 0 aliphatic heterocycles. The Kier molecular flexibility index (Phi) is 5.85. The molecule has 0 aliphatic rings. The van der Waals surface area contributed by atoms with Crippen LogP contribution in [0.5, 0.6) is 0 Å². The smallest absolute Gasteiger partial charge is 0.224 e. The second-order valence-electron chi connectivity index (χ2n) is 4.41. The van der Waals surface area contributed by atoms with Gasteiger partial charge < -0.3 is 10.1 Å². The van der Waals surface area contributed by atoms with E-state index in [1.807, 2.05) is 18.5 Å². The fraction of sp³-hybridized carbons (Fsp3) is 0.692. The Bertz CT molecular complexity index is 399. The number of carbonyl (C=O) groups excluding carboxylic acids is 1. The third-order valence-electron chi connectivity index (χ3n) is 2.91. The number of amides is 1. The number of carbonyl (C=O) groups is 1. The standard InChI is InChI=1S/C13H23N3O2/c1-5-6-7-12(17)14-13-10(2)15-16(11(13)3)8-9-18-4/h5-9H2,1-4H3,(H,14,17). The van der Waals surface area contributed by atoms with Crippen LogP contribution in [0.2, 0.25) is 0 Å². The zero-order valence-corrected chi connectivity index (χ0v) is 11.7. The first-order valence-electron chi connectivity index (χ1n) is 6.43. The molecule has 0 fully saturated rings. The number of nitrogens with one attached hydrogen (secondary N) is 1. The van der Waals surface area contributed by atoms with Gasteiger partial charge in [0, 0.05) is 13.5 Å². The number of methoxy groups -OCH3 is 1. The maximum absolute atomic E-state index is 11.7. The van der Waals surface area contributed by atoms with Crippen LogP contribution in [0, 0.1) is 13.8 Å². The molecule has 0 radical (unpaired) electrons. The van der Waals surface area contributed by atoms with Gasteiger partial charge >= 0.3 is 0 Å². The molecule has 1 aromatic heterocycles. The Labute approximate surface area is 109 Å². The highest BCUT2D eigenvalue weighted by Gasteiger charge is 2.13. The van der Waals surface area contributed by atoms with Gasteiger partial charge in [-0.3, -0.25) is 9.48 Å². The zero-order valence-electron chi connectivity index (χ0n) is 11.7. The number of hydrogen-bond acceptors (Lipinski definition) is 3. The van der Waals surface area contributed by atoms with Crippen LogP contribution >= 0.6 is 0 Å². The highest BCUT2D eigenvalue weighted by Crippen LogP contribution is 2.19. The van der Waals surface area contributed by atoms with Crippen LogP contribution in [0.1, 0.15) is 37.6 Å². The van der Waals surface area contributed by atoms with Crippen molar-refractivity contribution in [2.45, 2.75) is 46.6 Å². The molecule has 0 saturated carbocycles. The molecule has 5 heteroatoms. The third kappa shape index (κ3) is 3.84. The van der Waals surface area contributed by atoms with E-state index in [0.29, 0.717) is 19.6 Å². The zero-order chi connectivity index (χ0) is 13.5. The number of unbranched alkanes of at least 4 members (excludes halogenated alkanes) is 1. The minimum atomic E-state index is 0.0642. The summed E-state index contributed by atoms with van der Waals surface area (Å²) in [5.74, 6) is 0.0642. The van der Waals surface area contributed by atoms with Crippen LogP contribution in [0.4, 0.5) is 5.69 Å². The Hall–Kier alpha value is -1.36. The lowest BCUT2D eigenvalue weighted by Gasteiger charge is -2.06. The molecular weight excluding hydrogens is 230 g/mol. The summed E-state index contributed by atoms with van der Waals surface area (Å²) in [6.07, 6.45) is 2.51. The van der Waals surface area contributed by atoms with E-state index in [2.05, 4.69) is 17.3 Å². The lowest BCUT2D eigenvalue weighted by molar-refractivity contribution is -0.116. The van der Waals surface area contributed by atoms with E-state index in [4.69, 9.17) is 4.74 Å². The monoisotopic (exact) mass is 253 g/mol. The number of anilines is 1. The third-order valence-corrected chi connectivity index (χ3v) is 2.91. The molecule has 18 heavy (non-hydrogen) atoms. The van der Waals surface area contributed by atoms with Gasteiger partial charge in [0.1, 0.15) is 0 Å². The maximum Gasteiger partial charge on any atom is 0.224 e. The molecule has 0 bridgehead atoms. The van der Waals surface area contributed by atoms with Crippen molar-refractivity contribution in [2.75, 3.05) is 19.0 Å². The van der Waals surface area contributed by atoms with E-state index in [1.54, 1.807) is 7.11 Å². The summed E-state index contributed by atoms with van der Waals surface area (Å²) in [5, 5.41) is 7.35. The molecule has 0 atom stereocenters. The van der Waals surface area contributed by atoms with Crippen LogP contribution in [-0.4, -0.2) is 29.4 Å². The molecule has 1 rings (SSSR count). The van der Waals surface area contributed by atoms with Crippen LogP contribution in [0.25, 0.3) is 0 Å². The van der Waals surface area contributed by atoms with Gasteiger partial charge in [-0.15, -0.1) is 0 Å². The first-order valence-corrected chi connectivity index (χ1v) is 6.43. The Balaban J connectivity index is 2.70. The number of ether oxygens (including phenoxy) is 1. The topological polar surface area (TPSA) is 56.2 Å². The SMILES string of the molecule is CCCCC(=O)Nc1c(C)nn(CCOC)c1C. The first-order chi connectivity index (χ1) is 8.60. The van der Waals surface area contributed by atoms with Crippen LogP contribution < -0.4 is 5.32 Å². The van der Waals surface area contributed by atoms with E-state index in [0.717, 1.165) is 29.9 Å². The van der Waals surface area contributed by atoms with E-state index >= 15 is 0 Å². The number of aromatic nitrogens is 2. The van der Waals surface area contributed by atoms with Crippen molar-refractivity contribution in [3.05, 3.63) is 11.4 Å². The second kappa shape index (κ2) is 7.16. The van der Waals surface area contributed by atoms with E-state index in [1.165, 1.54) is 0 Å². The highest BCUT2D eigenvalue weighted by molar-refractivity contribution is 5.91. The van der Waals surface area contributed by atoms with Crippen molar-refractivity contribution < 1.29 is 9.53 Å². The summed E-state index contributed by atoms with van der Waals surface area (Å²) in [6, 6.07) is 0. The summed E-state index contributed by atoms with van der Waals surface area (Å²) in [6.45, 7) is 7.27. The molecule has 5 nitrogen and oxygen atoms in total. The largest absolute Gasteiger partial charge is 0.383 e. The van der Waals surface area contributed by atoms with Gasteiger partial charge in [-0.2, -0.15) is 5.10 Å². The molecule has 0 aliphatic carbocycles. The molecule has 0 aromatic carbocycles. The van der Waals surface area contributed by atoms with Gasteiger partial charge in [0.25, 0.3) is 0 Å². The van der Waals surface area contributed by atoms with Crippen molar-refractivity contribution in [1.82, 2.24) is 9.78 Å². The normalized spacial score (nSPS) is 10.7. The fourth-order valence-corrected chi connectivity index (χ4v) is 1.81. The molecule has 1 N–H and O–H groups in total. The Morgan fingerprint density at radius 2 is 2.17 bits per heavy atom. The summed E-state index contributed by atoms with van der Waals surface area (Å²) >= 11 is 0. The van der Waals surface area contributed by atoms with Crippen molar-refractivity contribution in [3.8, 4) is 0 Å². The Morgan fingerprint density at radius 3 is 2.78 bits per heavy atom. The summed E-state index contributed by atoms with van der Waals surface area (Å²) in [7, 11) is 1.67. The van der Waals surface area contributed by atoms with Gasteiger partial charge in [-0.1, -0.05) is 13.3 Å². The number of nitrogens with zero attached hydrogens (tertiary/aromatic N) is 2. The average Bonchev–Trinajstić information content (AvgIpc) is 2.61. The van der Waals surface area contributed by atoms with Crippen molar-refractivity contribution in [1.29, 1.82) is 0 Å². The predicted octanol–water partition coefficient (Wildman–Crippen LogP) is 2.28. The van der Waals surface area contributed by atoms with Crippen molar-refractivity contribution in [2.24, 2.45) is 0 Å². The quantitative estimate of drug-likeness (QED) is 0.811. The molecule has 1 heterocycles. The van der Waals surface area contributed by atoms with Gasteiger partial charge in [0.05, 0.1) is 30.2 Å². The van der Waals surface area contributed by atoms with Crippen molar-refractivity contribution >= 4 is 11.6 Å². The number of rotatable bonds is 7. The minimum absolute atomic E-state index is 0.0642. The molecule has 1 amide bonds.